The Balaban J connectivity index is 1.66. The van der Waals surface area contributed by atoms with E-state index in [9.17, 15) is 9.59 Å². The Morgan fingerprint density at radius 1 is 1.16 bits per heavy atom. The molecule has 1 saturated heterocycles. The Morgan fingerprint density at radius 3 is 2.46 bits per heavy atom. The van der Waals surface area contributed by atoms with E-state index in [1.54, 1.807) is 7.11 Å². The van der Waals surface area contributed by atoms with E-state index >= 15 is 0 Å². The van der Waals surface area contributed by atoms with Crippen LogP contribution in [0.2, 0.25) is 0 Å². The fraction of sp³-hybridized carbons (Fsp3) is 0.677. The number of ketones is 2. The molecule has 3 aliphatic carbocycles. The van der Waals surface area contributed by atoms with Crippen molar-refractivity contribution < 1.29 is 28.5 Å². The second-order valence-corrected chi connectivity index (χ2v) is 14.1. The van der Waals surface area contributed by atoms with Crippen LogP contribution in [-0.2, 0) is 14.9 Å². The van der Waals surface area contributed by atoms with Gasteiger partial charge in [-0.25, -0.2) is 0 Å². The number of ether oxygens (including phenoxy) is 4. The Kier molecular flexibility index (Phi) is 4.72. The van der Waals surface area contributed by atoms with E-state index in [-0.39, 0.29) is 40.8 Å². The number of carbonyl (C=O) groups is 2. The number of hydrogen-bond acceptors (Lipinski definition) is 6. The van der Waals surface area contributed by atoms with Gasteiger partial charge in [-0.3, -0.25) is 9.59 Å². The third-order valence-electron chi connectivity index (χ3n) is 10.6. The molecule has 3 aliphatic heterocycles. The minimum atomic E-state index is -1.24. The van der Waals surface area contributed by atoms with Crippen LogP contribution >= 0.6 is 0 Å². The number of fused-ring (bicyclic) bond motifs is 3. The molecule has 6 aliphatic rings. The van der Waals surface area contributed by atoms with E-state index in [4.69, 9.17) is 18.9 Å². The molecule has 37 heavy (non-hydrogen) atoms. The van der Waals surface area contributed by atoms with E-state index in [1.807, 2.05) is 19.1 Å². The third-order valence-corrected chi connectivity index (χ3v) is 10.6. The van der Waals surface area contributed by atoms with Crippen LogP contribution in [0.3, 0.4) is 0 Å². The van der Waals surface area contributed by atoms with Gasteiger partial charge in [0, 0.05) is 34.5 Å². The summed E-state index contributed by atoms with van der Waals surface area (Å²) >= 11 is 0. The van der Waals surface area contributed by atoms with Crippen LogP contribution in [0, 0.1) is 23.2 Å². The maximum Gasteiger partial charge on any atom is 0.200 e. The van der Waals surface area contributed by atoms with E-state index in [1.165, 1.54) is 0 Å². The van der Waals surface area contributed by atoms with Gasteiger partial charge in [0.1, 0.15) is 28.9 Å². The summed E-state index contributed by atoms with van der Waals surface area (Å²) in [5, 5.41) is 0. The molecule has 1 aromatic rings. The van der Waals surface area contributed by atoms with Crippen LogP contribution in [-0.4, -0.2) is 41.6 Å². The molecule has 6 nitrogen and oxygen atoms in total. The maximum absolute atomic E-state index is 14.5. The van der Waals surface area contributed by atoms with Gasteiger partial charge in [0.2, 0.25) is 0 Å². The SMILES string of the molecule is COc1cc2c(c3c1C(=O)C1=CC4C[C@H]5C(C)(C)O[C@](CC(C)C(C)(C)C)(C4=O)C15O3)C(C)(C)C(C)O2. The van der Waals surface area contributed by atoms with Gasteiger partial charge in [-0.1, -0.05) is 47.6 Å². The van der Waals surface area contributed by atoms with Gasteiger partial charge in [0.15, 0.2) is 22.8 Å². The first kappa shape index (κ1) is 25.0. The lowest BCUT2D eigenvalue weighted by Gasteiger charge is -2.57. The zero-order chi connectivity index (χ0) is 27.1. The summed E-state index contributed by atoms with van der Waals surface area (Å²) in [4.78, 5) is 28.8. The molecule has 3 heterocycles. The van der Waals surface area contributed by atoms with Crippen molar-refractivity contribution in [2.45, 2.75) is 103 Å². The first-order valence-corrected chi connectivity index (χ1v) is 13.7. The zero-order valence-electron chi connectivity index (χ0n) is 23.8. The van der Waals surface area contributed by atoms with E-state index in [0.29, 0.717) is 41.2 Å². The third kappa shape index (κ3) is 2.76. The van der Waals surface area contributed by atoms with Crippen molar-refractivity contribution in [2.24, 2.45) is 23.2 Å². The number of carbonyl (C=O) groups excluding carboxylic acids is 2. The first-order valence-electron chi connectivity index (χ1n) is 13.7. The molecule has 1 spiro atoms. The maximum atomic E-state index is 14.5. The van der Waals surface area contributed by atoms with Crippen LogP contribution in [0.5, 0.6) is 17.2 Å². The summed E-state index contributed by atoms with van der Waals surface area (Å²) in [7, 11) is 1.57. The first-order chi connectivity index (χ1) is 17.0. The quantitative estimate of drug-likeness (QED) is 0.511. The standard InChI is InChI=1S/C31H40O6/c1-15(27(3,4)5)14-30-26(33)17-11-18-24(32)22-19(34-10)13-20-23(28(6,7)16(2)35-20)25(22)36-31(18,30)21(12-17)29(8,9)37-30/h11,13,15-17,21H,12,14H2,1-10H3/t15?,16?,17?,21-,30+,31?/m0/s1. The zero-order valence-corrected chi connectivity index (χ0v) is 23.8. The molecular formula is C31H40O6. The highest BCUT2D eigenvalue weighted by Gasteiger charge is 2.81. The van der Waals surface area contributed by atoms with Crippen LogP contribution in [0.4, 0.5) is 0 Å². The normalized spacial score (nSPS) is 36.7. The minimum Gasteiger partial charge on any atom is -0.496 e. The predicted molar refractivity (Wildman–Crippen MR) is 140 cm³/mol. The van der Waals surface area contributed by atoms with Gasteiger partial charge >= 0.3 is 0 Å². The Bertz CT molecular complexity index is 1280. The Morgan fingerprint density at radius 2 is 1.84 bits per heavy atom. The molecule has 6 atom stereocenters. The average molecular weight is 509 g/mol. The Hall–Kier alpha value is -2.34. The van der Waals surface area contributed by atoms with Crippen molar-refractivity contribution in [3.05, 3.63) is 28.8 Å². The van der Waals surface area contributed by atoms with E-state index in [0.717, 1.165) is 5.56 Å². The predicted octanol–water partition coefficient (Wildman–Crippen LogP) is 5.83. The molecule has 0 amide bonds. The smallest absolute Gasteiger partial charge is 0.200 e. The number of methoxy groups -OCH3 is 1. The second kappa shape index (κ2) is 6.99. The summed E-state index contributed by atoms with van der Waals surface area (Å²) in [6.07, 6.45) is 2.88. The molecule has 1 saturated carbocycles. The summed E-state index contributed by atoms with van der Waals surface area (Å²) in [5.74, 6) is 1.19. The van der Waals surface area contributed by atoms with Crippen molar-refractivity contribution >= 4 is 11.6 Å². The molecule has 4 bridgehead atoms. The summed E-state index contributed by atoms with van der Waals surface area (Å²) in [5.41, 5.74) is -1.65. The lowest BCUT2D eigenvalue weighted by atomic mass is 9.50. The molecule has 7 rings (SSSR count). The Labute approximate surface area is 220 Å². The van der Waals surface area contributed by atoms with Gasteiger partial charge < -0.3 is 18.9 Å². The largest absolute Gasteiger partial charge is 0.496 e. The molecule has 2 fully saturated rings. The fourth-order valence-electron chi connectivity index (χ4n) is 7.70. The van der Waals surface area contributed by atoms with Crippen molar-refractivity contribution in [3.63, 3.8) is 0 Å². The van der Waals surface area contributed by atoms with Crippen LogP contribution < -0.4 is 14.2 Å². The molecule has 1 aromatic carbocycles. The number of Topliss-reactive ketones (excluding diaryl/α,β-unsaturated/α-hetero) is 2. The monoisotopic (exact) mass is 508 g/mol. The van der Waals surface area contributed by atoms with Crippen molar-refractivity contribution in [2.75, 3.05) is 7.11 Å². The van der Waals surface area contributed by atoms with Gasteiger partial charge in [0.25, 0.3) is 0 Å². The highest BCUT2D eigenvalue weighted by Crippen LogP contribution is 2.69. The number of benzene rings is 1. The molecule has 0 radical (unpaired) electrons. The number of hydrogen-bond donors (Lipinski definition) is 0. The summed E-state index contributed by atoms with van der Waals surface area (Å²) < 4.78 is 26.2. The topological polar surface area (TPSA) is 71.1 Å². The minimum absolute atomic E-state index is 0.0499. The number of allylic oxidation sites excluding steroid dienone is 1. The van der Waals surface area contributed by atoms with Gasteiger partial charge in [0.05, 0.1) is 12.7 Å². The van der Waals surface area contributed by atoms with Crippen LogP contribution in [0.25, 0.3) is 0 Å². The van der Waals surface area contributed by atoms with E-state index in [2.05, 4.69) is 55.4 Å². The molecule has 6 heteroatoms. The molecule has 0 N–H and O–H groups in total. The van der Waals surface area contributed by atoms with Crippen molar-refractivity contribution in [1.29, 1.82) is 0 Å². The number of rotatable bonds is 3. The van der Waals surface area contributed by atoms with E-state index < -0.39 is 22.2 Å². The lowest BCUT2D eigenvalue weighted by Crippen LogP contribution is -2.72. The molecule has 200 valence electrons. The van der Waals surface area contributed by atoms with Gasteiger partial charge in [-0.2, -0.15) is 0 Å². The highest BCUT2D eigenvalue weighted by atomic mass is 16.6. The highest BCUT2D eigenvalue weighted by molar-refractivity contribution is 6.18. The lowest BCUT2D eigenvalue weighted by molar-refractivity contribution is -0.178. The van der Waals surface area contributed by atoms with Crippen molar-refractivity contribution in [1.82, 2.24) is 0 Å². The molecule has 4 unspecified atom stereocenters. The molecule has 0 aromatic heterocycles. The average Bonchev–Trinajstić information content (AvgIpc) is 3.11. The second-order valence-electron chi connectivity index (χ2n) is 14.1. The van der Waals surface area contributed by atoms with Gasteiger partial charge in [-0.15, -0.1) is 0 Å². The summed E-state index contributed by atoms with van der Waals surface area (Å²) in [6.45, 7) is 19.1. The summed E-state index contributed by atoms with van der Waals surface area (Å²) in [6, 6.07) is 1.82. The molecular weight excluding hydrogens is 468 g/mol. The van der Waals surface area contributed by atoms with Crippen LogP contribution in [0.15, 0.2) is 17.7 Å². The fourth-order valence-corrected chi connectivity index (χ4v) is 7.70. The van der Waals surface area contributed by atoms with Crippen LogP contribution in [0.1, 0.15) is 91.1 Å². The van der Waals surface area contributed by atoms with Crippen molar-refractivity contribution in [3.8, 4) is 17.2 Å². The van der Waals surface area contributed by atoms with Gasteiger partial charge in [-0.05, 0) is 44.9 Å².